The molecule has 0 aromatic heterocycles. The number of nitrogens with zero attached hydrogens (tertiary/aromatic N) is 1. The highest BCUT2D eigenvalue weighted by atomic mass is 16.5. The van der Waals surface area contributed by atoms with Crippen molar-refractivity contribution in [2.24, 2.45) is 5.92 Å². The Labute approximate surface area is 144 Å². The third-order valence-corrected chi connectivity index (χ3v) is 3.98. The van der Waals surface area contributed by atoms with Gasteiger partial charge in [-0.2, -0.15) is 5.26 Å². The van der Waals surface area contributed by atoms with E-state index in [-0.39, 0.29) is 28.9 Å². The third-order valence-electron chi connectivity index (χ3n) is 3.98. The van der Waals surface area contributed by atoms with E-state index in [0.29, 0.717) is 25.7 Å². The first-order valence-corrected chi connectivity index (χ1v) is 7.75. The summed E-state index contributed by atoms with van der Waals surface area (Å²) >= 11 is 0. The standard InChI is InChI=1S/C18H17NO6/c1-11(10-19)17(22)24-14-8-4-13(5-9-14)18(23)25-15-6-2-12(3-7-15)16(20)21/h2-3,6-7,13-14H,1,4-5,8-9H2,(H,20,21). The van der Waals surface area contributed by atoms with E-state index in [0.717, 1.165) is 0 Å². The lowest BCUT2D eigenvalue weighted by Crippen LogP contribution is -2.30. The number of nitriles is 1. The molecular formula is C18H17NO6. The van der Waals surface area contributed by atoms with E-state index in [1.165, 1.54) is 24.3 Å². The lowest BCUT2D eigenvalue weighted by Gasteiger charge is -2.26. The average Bonchev–Trinajstić information content (AvgIpc) is 2.61. The highest BCUT2D eigenvalue weighted by Gasteiger charge is 2.30. The van der Waals surface area contributed by atoms with Crippen LogP contribution in [0.5, 0.6) is 5.75 Å². The quantitative estimate of drug-likeness (QED) is 0.378. The minimum Gasteiger partial charge on any atom is -0.478 e. The summed E-state index contributed by atoms with van der Waals surface area (Å²) in [5.74, 6) is -2.20. The molecule has 0 radical (unpaired) electrons. The number of aromatic carboxylic acids is 1. The second kappa shape index (κ2) is 8.11. The summed E-state index contributed by atoms with van der Waals surface area (Å²) < 4.78 is 10.4. The summed E-state index contributed by atoms with van der Waals surface area (Å²) in [7, 11) is 0. The Morgan fingerprint density at radius 3 is 2.24 bits per heavy atom. The van der Waals surface area contributed by atoms with Gasteiger partial charge in [0.05, 0.1) is 11.5 Å². The van der Waals surface area contributed by atoms with E-state index in [1.54, 1.807) is 6.07 Å². The highest BCUT2D eigenvalue weighted by Crippen LogP contribution is 2.28. The highest BCUT2D eigenvalue weighted by molar-refractivity contribution is 5.92. The molecule has 0 amide bonds. The lowest BCUT2D eigenvalue weighted by molar-refractivity contribution is -0.147. The van der Waals surface area contributed by atoms with Gasteiger partial charge in [-0.15, -0.1) is 0 Å². The molecule has 1 aromatic rings. The molecule has 1 aliphatic carbocycles. The van der Waals surface area contributed by atoms with E-state index in [4.69, 9.17) is 19.8 Å². The molecule has 1 aliphatic rings. The summed E-state index contributed by atoms with van der Waals surface area (Å²) in [5, 5.41) is 17.4. The van der Waals surface area contributed by atoms with Gasteiger partial charge >= 0.3 is 17.9 Å². The van der Waals surface area contributed by atoms with Crippen LogP contribution in [-0.2, 0) is 14.3 Å². The minimum atomic E-state index is -1.05. The number of carboxylic acid groups (broad SMARTS) is 1. The van der Waals surface area contributed by atoms with Crippen molar-refractivity contribution in [2.45, 2.75) is 31.8 Å². The molecule has 0 aliphatic heterocycles. The number of rotatable bonds is 5. The van der Waals surface area contributed by atoms with Crippen molar-refractivity contribution in [3.63, 3.8) is 0 Å². The number of esters is 2. The van der Waals surface area contributed by atoms with Crippen LogP contribution in [0, 0.1) is 17.2 Å². The predicted octanol–water partition coefficient (Wildman–Crippen LogP) is 2.47. The van der Waals surface area contributed by atoms with Gasteiger partial charge in [0.15, 0.2) is 0 Å². The number of hydrogen-bond donors (Lipinski definition) is 1. The molecule has 1 aromatic carbocycles. The smallest absolute Gasteiger partial charge is 0.348 e. The van der Waals surface area contributed by atoms with Crippen molar-refractivity contribution in [2.75, 3.05) is 0 Å². The first-order chi connectivity index (χ1) is 11.9. The van der Waals surface area contributed by atoms with E-state index < -0.39 is 17.9 Å². The Hall–Kier alpha value is -3.14. The molecule has 0 unspecified atom stereocenters. The summed E-state index contributed by atoms with van der Waals surface area (Å²) in [5.41, 5.74) is -0.132. The van der Waals surface area contributed by atoms with Crippen molar-refractivity contribution in [1.29, 1.82) is 5.26 Å². The summed E-state index contributed by atoms with van der Waals surface area (Å²) in [4.78, 5) is 34.4. The Kier molecular flexibility index (Phi) is 5.90. The molecule has 0 bridgehead atoms. The maximum absolute atomic E-state index is 12.2. The van der Waals surface area contributed by atoms with Gasteiger partial charge in [0.25, 0.3) is 0 Å². The van der Waals surface area contributed by atoms with Crippen molar-refractivity contribution >= 4 is 17.9 Å². The van der Waals surface area contributed by atoms with Gasteiger partial charge in [0.2, 0.25) is 0 Å². The molecule has 0 atom stereocenters. The zero-order valence-electron chi connectivity index (χ0n) is 13.4. The number of ether oxygens (including phenoxy) is 2. The van der Waals surface area contributed by atoms with Crippen LogP contribution in [0.25, 0.3) is 0 Å². The Morgan fingerprint density at radius 2 is 1.72 bits per heavy atom. The summed E-state index contributed by atoms with van der Waals surface area (Å²) in [6.45, 7) is 3.30. The van der Waals surface area contributed by atoms with Gasteiger partial charge in [-0.1, -0.05) is 6.58 Å². The van der Waals surface area contributed by atoms with Crippen molar-refractivity contribution in [3.05, 3.63) is 42.0 Å². The van der Waals surface area contributed by atoms with Crippen molar-refractivity contribution < 1.29 is 29.0 Å². The minimum absolute atomic E-state index is 0.112. The van der Waals surface area contributed by atoms with E-state index >= 15 is 0 Å². The number of carbonyl (C=O) groups excluding carboxylic acids is 2. The van der Waals surface area contributed by atoms with Crippen molar-refractivity contribution in [3.8, 4) is 11.8 Å². The average molecular weight is 343 g/mol. The van der Waals surface area contributed by atoms with Crippen LogP contribution < -0.4 is 4.74 Å². The zero-order chi connectivity index (χ0) is 18.4. The molecule has 0 spiro atoms. The largest absolute Gasteiger partial charge is 0.478 e. The molecule has 7 nitrogen and oxygen atoms in total. The molecule has 130 valence electrons. The van der Waals surface area contributed by atoms with Gasteiger partial charge in [-0.05, 0) is 49.9 Å². The maximum atomic E-state index is 12.2. The summed E-state index contributed by atoms with van der Waals surface area (Å²) in [6.07, 6.45) is 1.67. The molecule has 25 heavy (non-hydrogen) atoms. The number of carbonyl (C=O) groups is 3. The van der Waals surface area contributed by atoms with Gasteiger partial charge in [0, 0.05) is 0 Å². The molecule has 2 rings (SSSR count). The fraction of sp³-hybridized carbons (Fsp3) is 0.333. The molecule has 7 heteroatoms. The van der Waals surface area contributed by atoms with Crippen LogP contribution >= 0.6 is 0 Å². The van der Waals surface area contributed by atoms with Gasteiger partial charge < -0.3 is 14.6 Å². The molecule has 0 heterocycles. The lowest BCUT2D eigenvalue weighted by atomic mass is 9.87. The molecular weight excluding hydrogens is 326 g/mol. The molecule has 1 saturated carbocycles. The second-order valence-corrected chi connectivity index (χ2v) is 5.72. The van der Waals surface area contributed by atoms with Crippen LogP contribution in [0.15, 0.2) is 36.4 Å². The van der Waals surface area contributed by atoms with E-state index in [9.17, 15) is 14.4 Å². The monoisotopic (exact) mass is 343 g/mol. The number of carboxylic acids is 1. The van der Waals surface area contributed by atoms with Crippen LogP contribution in [0.3, 0.4) is 0 Å². The fourth-order valence-electron chi connectivity index (χ4n) is 2.55. The molecule has 1 fully saturated rings. The summed E-state index contributed by atoms with van der Waals surface area (Å²) in [6, 6.07) is 7.23. The Morgan fingerprint density at radius 1 is 1.12 bits per heavy atom. The fourth-order valence-corrected chi connectivity index (χ4v) is 2.55. The first-order valence-electron chi connectivity index (χ1n) is 7.75. The maximum Gasteiger partial charge on any atom is 0.348 e. The van der Waals surface area contributed by atoms with Gasteiger partial charge in [-0.25, -0.2) is 9.59 Å². The SMILES string of the molecule is C=C(C#N)C(=O)OC1CCC(C(=O)Oc2ccc(C(=O)O)cc2)CC1. The molecule has 1 N–H and O–H groups in total. The zero-order valence-corrected chi connectivity index (χ0v) is 13.4. The Balaban J connectivity index is 1.83. The first kappa shape index (κ1) is 18.2. The number of benzene rings is 1. The normalized spacial score (nSPS) is 19.3. The van der Waals surface area contributed by atoms with Crippen LogP contribution in [-0.4, -0.2) is 29.1 Å². The van der Waals surface area contributed by atoms with Gasteiger partial charge in [-0.3, -0.25) is 4.79 Å². The van der Waals surface area contributed by atoms with Crippen LogP contribution in [0.1, 0.15) is 36.0 Å². The van der Waals surface area contributed by atoms with E-state index in [1.807, 2.05) is 0 Å². The van der Waals surface area contributed by atoms with Gasteiger partial charge in [0.1, 0.15) is 23.5 Å². The second-order valence-electron chi connectivity index (χ2n) is 5.72. The van der Waals surface area contributed by atoms with Crippen LogP contribution in [0.4, 0.5) is 0 Å². The number of hydrogen-bond acceptors (Lipinski definition) is 6. The van der Waals surface area contributed by atoms with E-state index in [2.05, 4.69) is 6.58 Å². The Bertz CT molecular complexity index is 723. The third kappa shape index (κ3) is 4.91. The van der Waals surface area contributed by atoms with Crippen LogP contribution in [0.2, 0.25) is 0 Å². The molecule has 0 saturated heterocycles. The topological polar surface area (TPSA) is 114 Å². The van der Waals surface area contributed by atoms with Crippen molar-refractivity contribution in [1.82, 2.24) is 0 Å². The predicted molar refractivity (Wildman–Crippen MR) is 85.6 cm³/mol.